The van der Waals surface area contributed by atoms with E-state index in [0.29, 0.717) is 13.2 Å². The van der Waals surface area contributed by atoms with Crippen molar-refractivity contribution < 1.29 is 4.74 Å². The fraction of sp³-hybridized carbons (Fsp3) is 0.375. The molecule has 1 aromatic heterocycles. The van der Waals surface area contributed by atoms with Gasteiger partial charge in [-0.25, -0.2) is 0 Å². The Morgan fingerprint density at radius 1 is 1.64 bits per heavy atom. The summed E-state index contributed by atoms with van der Waals surface area (Å²) in [5.74, 6) is 0. The van der Waals surface area contributed by atoms with Gasteiger partial charge in [-0.15, -0.1) is 0 Å². The Labute approximate surface area is 65.2 Å². The number of fused-ring (bicyclic) bond motifs is 1. The fourth-order valence-electron chi connectivity index (χ4n) is 1.28. The van der Waals surface area contributed by atoms with E-state index in [2.05, 4.69) is 4.98 Å². The van der Waals surface area contributed by atoms with E-state index >= 15 is 0 Å². The van der Waals surface area contributed by atoms with Gasteiger partial charge in [0, 0.05) is 11.8 Å². The highest BCUT2D eigenvalue weighted by Gasteiger charge is 2.17. The van der Waals surface area contributed by atoms with E-state index in [0.717, 1.165) is 11.3 Å². The summed E-state index contributed by atoms with van der Waals surface area (Å²) >= 11 is 0. The second-order valence-corrected chi connectivity index (χ2v) is 2.67. The quantitative estimate of drug-likeness (QED) is 0.589. The van der Waals surface area contributed by atoms with E-state index < -0.39 is 0 Å². The van der Waals surface area contributed by atoms with Crippen LogP contribution in [0, 0.1) is 0 Å². The molecule has 0 saturated heterocycles. The van der Waals surface area contributed by atoms with E-state index in [9.17, 15) is 0 Å². The van der Waals surface area contributed by atoms with Crippen molar-refractivity contribution in [3.05, 3.63) is 29.6 Å². The van der Waals surface area contributed by atoms with E-state index in [1.54, 1.807) is 6.20 Å². The van der Waals surface area contributed by atoms with Gasteiger partial charge in [-0.2, -0.15) is 0 Å². The molecular formula is C8H10N2O. The van der Waals surface area contributed by atoms with Crippen LogP contribution in [-0.2, 0) is 11.3 Å². The lowest BCUT2D eigenvalue weighted by atomic mass is 10.1. The molecule has 58 valence electrons. The van der Waals surface area contributed by atoms with Crippen LogP contribution < -0.4 is 5.73 Å². The van der Waals surface area contributed by atoms with E-state index in [1.165, 1.54) is 0 Å². The third kappa shape index (κ3) is 1.13. The maximum Gasteiger partial charge on any atom is 0.0736 e. The third-order valence-corrected chi connectivity index (χ3v) is 1.83. The molecule has 11 heavy (non-hydrogen) atoms. The molecule has 3 heteroatoms. The molecule has 2 heterocycles. The van der Waals surface area contributed by atoms with E-state index in [-0.39, 0.29) is 6.04 Å². The van der Waals surface area contributed by atoms with Crippen LogP contribution in [0.5, 0.6) is 0 Å². The molecule has 1 unspecified atom stereocenters. The Morgan fingerprint density at radius 2 is 2.55 bits per heavy atom. The number of rotatable bonds is 0. The molecule has 2 rings (SSSR count). The molecule has 0 radical (unpaired) electrons. The highest BCUT2D eigenvalue weighted by molar-refractivity contribution is 5.23. The minimum atomic E-state index is -0.0417. The number of aromatic nitrogens is 1. The van der Waals surface area contributed by atoms with Gasteiger partial charge in [0.25, 0.3) is 0 Å². The van der Waals surface area contributed by atoms with Crippen LogP contribution >= 0.6 is 0 Å². The number of ether oxygens (including phenoxy) is 1. The van der Waals surface area contributed by atoms with E-state index in [4.69, 9.17) is 10.5 Å². The SMILES string of the molecule is NC1COCc2cccnc21. The Balaban J connectivity index is 2.44. The van der Waals surface area contributed by atoms with Crippen molar-refractivity contribution in [2.24, 2.45) is 5.73 Å². The Hall–Kier alpha value is -0.930. The standard InChI is InChI=1S/C8H10N2O/c9-7-5-11-4-6-2-1-3-10-8(6)7/h1-3,7H,4-5,9H2. The monoisotopic (exact) mass is 150 g/mol. The predicted octanol–water partition coefficient (Wildman–Crippen LogP) is 0.612. The zero-order valence-electron chi connectivity index (χ0n) is 6.16. The number of pyridine rings is 1. The van der Waals surface area contributed by atoms with Crippen molar-refractivity contribution in [2.45, 2.75) is 12.6 Å². The second kappa shape index (κ2) is 2.60. The number of nitrogens with zero attached hydrogens (tertiary/aromatic N) is 1. The first-order valence-electron chi connectivity index (χ1n) is 3.65. The molecule has 1 aromatic rings. The van der Waals surface area contributed by atoms with Gasteiger partial charge in [0.05, 0.1) is 24.9 Å². The summed E-state index contributed by atoms with van der Waals surface area (Å²) in [6.07, 6.45) is 1.77. The molecule has 0 fully saturated rings. The smallest absolute Gasteiger partial charge is 0.0736 e. The summed E-state index contributed by atoms with van der Waals surface area (Å²) in [5.41, 5.74) is 7.86. The van der Waals surface area contributed by atoms with Gasteiger partial charge < -0.3 is 10.5 Å². The van der Waals surface area contributed by atoms with Crippen LogP contribution in [0.3, 0.4) is 0 Å². The molecule has 1 aliphatic rings. The van der Waals surface area contributed by atoms with Crippen LogP contribution in [-0.4, -0.2) is 11.6 Å². The Kier molecular flexibility index (Phi) is 1.60. The average molecular weight is 150 g/mol. The molecule has 1 aliphatic heterocycles. The van der Waals surface area contributed by atoms with Crippen molar-refractivity contribution >= 4 is 0 Å². The average Bonchev–Trinajstić information content (AvgIpc) is 2.06. The number of hydrogen-bond donors (Lipinski definition) is 1. The highest BCUT2D eigenvalue weighted by Crippen LogP contribution is 2.19. The lowest BCUT2D eigenvalue weighted by Crippen LogP contribution is -2.24. The summed E-state index contributed by atoms with van der Waals surface area (Å²) in [6, 6.07) is 3.86. The molecule has 0 spiro atoms. The topological polar surface area (TPSA) is 48.1 Å². The van der Waals surface area contributed by atoms with Gasteiger partial charge in [0.2, 0.25) is 0 Å². The van der Waals surface area contributed by atoms with Crippen molar-refractivity contribution in [1.29, 1.82) is 0 Å². The Morgan fingerprint density at radius 3 is 3.36 bits per heavy atom. The predicted molar refractivity (Wildman–Crippen MR) is 40.8 cm³/mol. The van der Waals surface area contributed by atoms with Gasteiger partial charge in [0.1, 0.15) is 0 Å². The molecule has 0 aromatic carbocycles. The molecular weight excluding hydrogens is 140 g/mol. The first-order valence-corrected chi connectivity index (χ1v) is 3.65. The summed E-state index contributed by atoms with van der Waals surface area (Å²) in [7, 11) is 0. The lowest BCUT2D eigenvalue weighted by molar-refractivity contribution is 0.0905. The molecule has 1 atom stereocenters. The Bertz CT molecular complexity index is 262. The molecule has 0 amide bonds. The highest BCUT2D eigenvalue weighted by atomic mass is 16.5. The fourth-order valence-corrected chi connectivity index (χ4v) is 1.28. The van der Waals surface area contributed by atoms with Crippen LogP contribution in [0.1, 0.15) is 17.3 Å². The maximum atomic E-state index is 5.76. The van der Waals surface area contributed by atoms with Crippen molar-refractivity contribution in [3.8, 4) is 0 Å². The zero-order valence-corrected chi connectivity index (χ0v) is 6.16. The van der Waals surface area contributed by atoms with Gasteiger partial charge in [0.15, 0.2) is 0 Å². The lowest BCUT2D eigenvalue weighted by Gasteiger charge is -2.20. The summed E-state index contributed by atoms with van der Waals surface area (Å²) < 4.78 is 5.24. The number of nitrogens with two attached hydrogens (primary N) is 1. The molecule has 3 nitrogen and oxygen atoms in total. The minimum Gasteiger partial charge on any atom is -0.375 e. The molecule has 0 saturated carbocycles. The zero-order chi connectivity index (χ0) is 7.68. The van der Waals surface area contributed by atoms with Gasteiger partial charge in [-0.1, -0.05) is 6.07 Å². The normalized spacial score (nSPS) is 22.8. The largest absolute Gasteiger partial charge is 0.375 e. The van der Waals surface area contributed by atoms with Gasteiger partial charge in [-0.3, -0.25) is 4.98 Å². The van der Waals surface area contributed by atoms with E-state index in [1.807, 2.05) is 12.1 Å². The maximum absolute atomic E-state index is 5.76. The summed E-state index contributed by atoms with van der Waals surface area (Å²) in [4.78, 5) is 4.20. The van der Waals surface area contributed by atoms with Crippen LogP contribution in [0.15, 0.2) is 18.3 Å². The first-order chi connectivity index (χ1) is 5.38. The molecule has 0 aliphatic carbocycles. The van der Waals surface area contributed by atoms with Crippen LogP contribution in [0.2, 0.25) is 0 Å². The van der Waals surface area contributed by atoms with Crippen molar-refractivity contribution in [2.75, 3.05) is 6.61 Å². The number of hydrogen-bond acceptors (Lipinski definition) is 3. The second-order valence-electron chi connectivity index (χ2n) is 2.67. The van der Waals surface area contributed by atoms with Gasteiger partial charge >= 0.3 is 0 Å². The van der Waals surface area contributed by atoms with Gasteiger partial charge in [-0.05, 0) is 6.07 Å². The first kappa shape index (κ1) is 6.76. The minimum absolute atomic E-state index is 0.0417. The summed E-state index contributed by atoms with van der Waals surface area (Å²) in [6.45, 7) is 1.24. The van der Waals surface area contributed by atoms with Crippen molar-refractivity contribution in [3.63, 3.8) is 0 Å². The van der Waals surface area contributed by atoms with Crippen molar-refractivity contribution in [1.82, 2.24) is 4.98 Å². The summed E-state index contributed by atoms with van der Waals surface area (Å²) in [5, 5.41) is 0. The molecule has 0 bridgehead atoms. The third-order valence-electron chi connectivity index (χ3n) is 1.83. The molecule has 2 N–H and O–H groups in total. The van der Waals surface area contributed by atoms with Crippen LogP contribution in [0.25, 0.3) is 0 Å². The van der Waals surface area contributed by atoms with Crippen LogP contribution in [0.4, 0.5) is 0 Å².